The lowest BCUT2D eigenvalue weighted by Gasteiger charge is -2.45. The highest BCUT2D eigenvalue weighted by Crippen LogP contribution is 2.36. The van der Waals surface area contributed by atoms with Crippen LogP contribution in [0.2, 0.25) is 0 Å². The van der Waals surface area contributed by atoms with Gasteiger partial charge in [0.1, 0.15) is 0 Å². The highest BCUT2D eigenvalue weighted by molar-refractivity contribution is 5.24. The van der Waals surface area contributed by atoms with Crippen LogP contribution in [0.25, 0.3) is 0 Å². The van der Waals surface area contributed by atoms with E-state index in [2.05, 4.69) is 48.5 Å². The third-order valence-electron chi connectivity index (χ3n) is 5.60. The number of nitrogens with one attached hydrogen (secondary N) is 1. The number of hydrogen-bond acceptors (Lipinski definition) is 2. The average molecular weight is 286 g/mol. The number of piperidine rings is 1. The fraction of sp³-hybridized carbons (Fsp3) is 0.684. The number of hydrogen-bond donors (Lipinski definition) is 1. The van der Waals surface area contributed by atoms with E-state index >= 15 is 0 Å². The molecule has 3 rings (SSSR count). The van der Waals surface area contributed by atoms with Crippen molar-refractivity contribution in [2.45, 2.75) is 57.5 Å². The quantitative estimate of drug-likeness (QED) is 0.903. The first-order valence-corrected chi connectivity index (χ1v) is 8.76. The molecule has 1 aliphatic heterocycles. The Morgan fingerprint density at radius 1 is 1.10 bits per heavy atom. The fourth-order valence-corrected chi connectivity index (χ4v) is 4.35. The Bertz CT molecular complexity index is 437. The summed E-state index contributed by atoms with van der Waals surface area (Å²) < 4.78 is 0. The zero-order valence-electron chi connectivity index (χ0n) is 13.6. The van der Waals surface area contributed by atoms with Gasteiger partial charge in [-0.25, -0.2) is 0 Å². The molecule has 2 fully saturated rings. The molecule has 0 radical (unpaired) electrons. The van der Waals surface area contributed by atoms with Gasteiger partial charge in [-0.1, -0.05) is 42.7 Å². The second-order valence-electron chi connectivity index (χ2n) is 7.00. The summed E-state index contributed by atoms with van der Waals surface area (Å²) in [7, 11) is 2.10. The summed E-state index contributed by atoms with van der Waals surface area (Å²) in [5.74, 6) is 0.975. The lowest BCUT2D eigenvalue weighted by Crippen LogP contribution is -2.49. The summed E-state index contributed by atoms with van der Waals surface area (Å²) in [5.41, 5.74) is 2.78. The zero-order chi connectivity index (χ0) is 14.7. The van der Waals surface area contributed by atoms with Crippen LogP contribution < -0.4 is 5.32 Å². The first-order chi connectivity index (χ1) is 10.3. The van der Waals surface area contributed by atoms with Crippen LogP contribution in [-0.4, -0.2) is 31.1 Å². The van der Waals surface area contributed by atoms with E-state index in [0.29, 0.717) is 6.04 Å². The molecule has 116 valence electrons. The molecule has 3 unspecified atom stereocenters. The van der Waals surface area contributed by atoms with Gasteiger partial charge < -0.3 is 5.32 Å². The number of nitrogens with zero attached hydrogens (tertiary/aromatic N) is 1. The number of likely N-dealkylation sites (tertiary alicyclic amines) is 1. The van der Waals surface area contributed by atoms with E-state index < -0.39 is 0 Å². The van der Waals surface area contributed by atoms with Crippen LogP contribution in [0.3, 0.4) is 0 Å². The summed E-state index contributed by atoms with van der Waals surface area (Å²) in [6.45, 7) is 4.63. The lowest BCUT2D eigenvalue weighted by molar-refractivity contribution is 0.0535. The number of aryl methyl sites for hydroxylation is 1. The van der Waals surface area contributed by atoms with Gasteiger partial charge in [-0.2, -0.15) is 0 Å². The molecule has 1 saturated heterocycles. The van der Waals surface area contributed by atoms with Gasteiger partial charge in [0.2, 0.25) is 0 Å². The Morgan fingerprint density at radius 3 is 2.57 bits per heavy atom. The molecular weight excluding hydrogens is 256 g/mol. The fourth-order valence-electron chi connectivity index (χ4n) is 4.35. The minimum Gasteiger partial charge on any atom is -0.312 e. The monoisotopic (exact) mass is 286 g/mol. The molecule has 0 amide bonds. The highest BCUT2D eigenvalue weighted by Gasteiger charge is 2.33. The van der Waals surface area contributed by atoms with Crippen molar-refractivity contribution in [3.05, 3.63) is 35.4 Å². The van der Waals surface area contributed by atoms with E-state index in [4.69, 9.17) is 0 Å². The maximum absolute atomic E-state index is 3.54. The third kappa shape index (κ3) is 3.49. The van der Waals surface area contributed by atoms with Crippen molar-refractivity contribution < 1.29 is 0 Å². The van der Waals surface area contributed by atoms with Gasteiger partial charge in [0.15, 0.2) is 0 Å². The molecule has 0 spiro atoms. The van der Waals surface area contributed by atoms with E-state index in [0.717, 1.165) is 12.0 Å². The summed E-state index contributed by atoms with van der Waals surface area (Å²) in [6.07, 6.45) is 8.65. The Hall–Kier alpha value is -0.860. The van der Waals surface area contributed by atoms with Gasteiger partial charge in [0.25, 0.3) is 0 Å². The Balaban J connectivity index is 1.69. The molecule has 2 aliphatic rings. The van der Waals surface area contributed by atoms with Crippen LogP contribution in [0, 0.1) is 12.8 Å². The molecule has 1 N–H and O–H groups in total. The Labute approximate surface area is 129 Å². The van der Waals surface area contributed by atoms with E-state index in [9.17, 15) is 0 Å². The second kappa shape index (κ2) is 6.93. The van der Waals surface area contributed by atoms with Crippen molar-refractivity contribution >= 4 is 0 Å². The molecule has 2 heteroatoms. The van der Waals surface area contributed by atoms with E-state index in [1.165, 1.54) is 62.7 Å². The van der Waals surface area contributed by atoms with E-state index in [-0.39, 0.29) is 0 Å². The van der Waals surface area contributed by atoms with Crippen molar-refractivity contribution in [3.8, 4) is 0 Å². The predicted molar refractivity (Wildman–Crippen MR) is 89.5 cm³/mol. The maximum atomic E-state index is 3.54. The molecule has 1 aromatic carbocycles. The number of fused-ring (bicyclic) bond motifs is 1. The first kappa shape index (κ1) is 15.1. The molecule has 21 heavy (non-hydrogen) atoms. The van der Waals surface area contributed by atoms with Crippen LogP contribution in [0.15, 0.2) is 24.3 Å². The summed E-state index contributed by atoms with van der Waals surface area (Å²) >= 11 is 0. The van der Waals surface area contributed by atoms with Crippen molar-refractivity contribution in [3.63, 3.8) is 0 Å². The van der Waals surface area contributed by atoms with Crippen LogP contribution in [0.5, 0.6) is 0 Å². The Morgan fingerprint density at radius 2 is 1.81 bits per heavy atom. The van der Waals surface area contributed by atoms with Crippen molar-refractivity contribution in [1.82, 2.24) is 10.2 Å². The van der Waals surface area contributed by atoms with Crippen LogP contribution in [0.4, 0.5) is 0 Å². The van der Waals surface area contributed by atoms with Crippen LogP contribution >= 0.6 is 0 Å². The summed E-state index contributed by atoms with van der Waals surface area (Å²) in [5, 5.41) is 3.54. The van der Waals surface area contributed by atoms with E-state index in [1.807, 2.05) is 0 Å². The molecule has 1 aromatic rings. The van der Waals surface area contributed by atoms with Gasteiger partial charge in [-0.05, 0) is 57.7 Å². The van der Waals surface area contributed by atoms with Crippen molar-refractivity contribution in [2.75, 3.05) is 20.1 Å². The molecule has 1 heterocycles. The molecule has 3 atom stereocenters. The molecule has 0 bridgehead atoms. The zero-order valence-corrected chi connectivity index (χ0v) is 13.6. The van der Waals surface area contributed by atoms with Gasteiger partial charge in [0, 0.05) is 18.6 Å². The SMILES string of the molecule is CNC(CN1CCCC2CCCCC21)c1ccc(C)cc1. The highest BCUT2D eigenvalue weighted by atomic mass is 15.2. The largest absolute Gasteiger partial charge is 0.312 e. The van der Waals surface area contributed by atoms with Gasteiger partial charge in [-0.3, -0.25) is 4.90 Å². The minimum absolute atomic E-state index is 0.464. The molecule has 1 aliphatic carbocycles. The topological polar surface area (TPSA) is 15.3 Å². The van der Waals surface area contributed by atoms with Crippen molar-refractivity contribution in [2.24, 2.45) is 5.92 Å². The number of likely N-dealkylation sites (N-methyl/N-ethyl adjacent to an activating group) is 1. The lowest BCUT2D eigenvalue weighted by atomic mass is 9.78. The standard InChI is InChI=1S/C19H30N2/c1-15-9-11-16(12-10-15)18(20-2)14-21-13-5-7-17-6-3-4-8-19(17)21/h9-12,17-20H,3-8,13-14H2,1-2H3. The minimum atomic E-state index is 0.464. The molecular formula is C19H30N2. The molecule has 2 nitrogen and oxygen atoms in total. The summed E-state index contributed by atoms with van der Waals surface area (Å²) in [4.78, 5) is 2.79. The second-order valence-corrected chi connectivity index (χ2v) is 7.00. The molecule has 0 aromatic heterocycles. The average Bonchev–Trinajstić information content (AvgIpc) is 2.54. The normalized spacial score (nSPS) is 28.1. The van der Waals surface area contributed by atoms with Crippen LogP contribution in [-0.2, 0) is 0 Å². The first-order valence-electron chi connectivity index (χ1n) is 8.76. The van der Waals surface area contributed by atoms with Crippen LogP contribution in [0.1, 0.15) is 55.7 Å². The van der Waals surface area contributed by atoms with Gasteiger partial charge >= 0.3 is 0 Å². The third-order valence-corrected chi connectivity index (χ3v) is 5.60. The summed E-state index contributed by atoms with van der Waals surface area (Å²) in [6, 6.07) is 10.4. The Kier molecular flexibility index (Phi) is 4.97. The van der Waals surface area contributed by atoms with E-state index in [1.54, 1.807) is 0 Å². The number of rotatable bonds is 4. The smallest absolute Gasteiger partial charge is 0.0446 e. The van der Waals surface area contributed by atoms with Gasteiger partial charge in [0.05, 0.1) is 0 Å². The van der Waals surface area contributed by atoms with Gasteiger partial charge in [-0.15, -0.1) is 0 Å². The molecule has 1 saturated carbocycles. The number of benzene rings is 1. The predicted octanol–water partition coefficient (Wildman–Crippen LogP) is 3.91. The maximum Gasteiger partial charge on any atom is 0.0446 e. The van der Waals surface area contributed by atoms with Crippen molar-refractivity contribution in [1.29, 1.82) is 0 Å².